The molecular weight excluding hydrogens is 400 g/mol. The van der Waals surface area contributed by atoms with E-state index in [2.05, 4.69) is 11.9 Å². The van der Waals surface area contributed by atoms with Crippen LogP contribution in [0.1, 0.15) is 31.9 Å². The van der Waals surface area contributed by atoms with Crippen LogP contribution < -0.4 is 5.56 Å². The third-order valence-corrected chi connectivity index (χ3v) is 5.78. The number of methoxy groups -OCH3 is 1. The van der Waals surface area contributed by atoms with Crippen molar-refractivity contribution >= 4 is 40.2 Å². The summed E-state index contributed by atoms with van der Waals surface area (Å²) >= 11 is 7.32. The Kier molecular flexibility index (Phi) is 6.80. The number of carbonyl (C=O) groups is 1. The number of halogens is 1. The van der Waals surface area contributed by atoms with Crippen molar-refractivity contribution in [2.45, 2.75) is 43.1 Å². The Balaban J connectivity index is 2.09. The van der Waals surface area contributed by atoms with Gasteiger partial charge in [0.25, 0.3) is 5.56 Å². The van der Waals surface area contributed by atoms with E-state index in [1.165, 1.54) is 23.4 Å². The topological polar surface area (TPSA) is 74.3 Å². The van der Waals surface area contributed by atoms with Crippen LogP contribution in [-0.4, -0.2) is 27.9 Å². The van der Waals surface area contributed by atoms with Crippen molar-refractivity contribution in [2.24, 2.45) is 0 Å². The smallest absolute Gasteiger partial charge is 0.319 e. The minimum atomic E-state index is -0.448. The number of unbranched alkanes of at least 4 members (excludes halogenated alkanes) is 1. The molecule has 8 heteroatoms. The number of rotatable bonds is 8. The van der Waals surface area contributed by atoms with Gasteiger partial charge in [0.2, 0.25) is 0 Å². The van der Waals surface area contributed by atoms with Gasteiger partial charge in [0.1, 0.15) is 11.0 Å². The van der Waals surface area contributed by atoms with Gasteiger partial charge < -0.3 is 9.15 Å². The third kappa shape index (κ3) is 4.59. The number of thioether (sulfide) groups is 1. The molecule has 0 saturated heterocycles. The van der Waals surface area contributed by atoms with E-state index in [0.29, 0.717) is 33.3 Å². The van der Waals surface area contributed by atoms with Gasteiger partial charge in [0.15, 0.2) is 5.16 Å². The van der Waals surface area contributed by atoms with Crippen molar-refractivity contribution in [1.29, 1.82) is 0 Å². The van der Waals surface area contributed by atoms with Crippen molar-refractivity contribution in [3.8, 4) is 0 Å². The van der Waals surface area contributed by atoms with Crippen molar-refractivity contribution in [1.82, 2.24) is 9.55 Å². The molecule has 28 heavy (non-hydrogen) atoms. The summed E-state index contributed by atoms with van der Waals surface area (Å²) in [6.07, 6.45) is 4.01. The second-order valence-electron chi connectivity index (χ2n) is 6.30. The van der Waals surface area contributed by atoms with Gasteiger partial charge in [-0.25, -0.2) is 4.98 Å². The summed E-state index contributed by atoms with van der Waals surface area (Å²) in [5.74, 6) is 0.297. The SMILES string of the molecule is CCCCC(Sc1nc2cc(Cl)ccc2c(=O)n1Cc1ccco1)C(=O)OC. The predicted molar refractivity (Wildman–Crippen MR) is 110 cm³/mol. The molecule has 2 aromatic heterocycles. The molecule has 6 nitrogen and oxygen atoms in total. The van der Waals surface area contributed by atoms with Crippen LogP contribution in [0.2, 0.25) is 5.02 Å². The number of aromatic nitrogens is 2. The van der Waals surface area contributed by atoms with Crippen LogP contribution in [0.4, 0.5) is 0 Å². The quantitative estimate of drug-likeness (QED) is 0.303. The summed E-state index contributed by atoms with van der Waals surface area (Å²) < 4.78 is 11.9. The summed E-state index contributed by atoms with van der Waals surface area (Å²) in [7, 11) is 1.37. The Labute approximate surface area is 171 Å². The highest BCUT2D eigenvalue weighted by atomic mass is 35.5. The first-order valence-corrected chi connectivity index (χ1v) is 10.3. The monoisotopic (exact) mass is 420 g/mol. The second kappa shape index (κ2) is 9.30. The van der Waals surface area contributed by atoms with Gasteiger partial charge in [0.05, 0.1) is 30.8 Å². The van der Waals surface area contributed by atoms with Gasteiger partial charge in [-0.15, -0.1) is 0 Å². The number of nitrogens with zero attached hydrogens (tertiary/aromatic N) is 2. The van der Waals surface area contributed by atoms with Crippen molar-refractivity contribution in [2.75, 3.05) is 7.11 Å². The number of hydrogen-bond donors (Lipinski definition) is 0. The van der Waals surface area contributed by atoms with E-state index in [-0.39, 0.29) is 18.1 Å². The molecule has 148 valence electrons. The van der Waals surface area contributed by atoms with Crippen LogP contribution in [0, 0.1) is 0 Å². The molecule has 0 aliphatic carbocycles. The van der Waals surface area contributed by atoms with Crippen molar-refractivity contribution < 1.29 is 13.9 Å². The van der Waals surface area contributed by atoms with Crippen LogP contribution in [0.3, 0.4) is 0 Å². The summed E-state index contributed by atoms with van der Waals surface area (Å²) in [5.41, 5.74) is 0.287. The Bertz CT molecular complexity index is 1020. The molecule has 1 atom stereocenters. The van der Waals surface area contributed by atoms with E-state index < -0.39 is 5.25 Å². The summed E-state index contributed by atoms with van der Waals surface area (Å²) in [6, 6.07) is 8.53. The second-order valence-corrected chi connectivity index (χ2v) is 7.90. The first-order valence-electron chi connectivity index (χ1n) is 9.00. The molecule has 1 unspecified atom stereocenters. The Morgan fingerprint density at radius 2 is 2.21 bits per heavy atom. The van der Waals surface area contributed by atoms with Gasteiger partial charge >= 0.3 is 5.97 Å². The highest BCUT2D eigenvalue weighted by Crippen LogP contribution is 2.28. The highest BCUT2D eigenvalue weighted by Gasteiger charge is 2.24. The largest absolute Gasteiger partial charge is 0.468 e. The van der Waals surface area contributed by atoms with Gasteiger partial charge in [-0.3, -0.25) is 14.2 Å². The molecule has 3 rings (SSSR count). The molecule has 0 aliphatic heterocycles. The number of carbonyl (C=O) groups excluding carboxylic acids is 1. The number of esters is 1. The van der Waals surface area contributed by atoms with Gasteiger partial charge in [-0.1, -0.05) is 43.1 Å². The molecule has 0 amide bonds. The van der Waals surface area contributed by atoms with Gasteiger partial charge in [0, 0.05) is 5.02 Å². The van der Waals surface area contributed by atoms with Crippen molar-refractivity contribution in [3.05, 3.63) is 57.7 Å². The first kappa shape index (κ1) is 20.5. The fourth-order valence-electron chi connectivity index (χ4n) is 2.83. The zero-order chi connectivity index (χ0) is 20.1. The zero-order valence-electron chi connectivity index (χ0n) is 15.7. The normalized spacial score (nSPS) is 12.2. The summed E-state index contributed by atoms with van der Waals surface area (Å²) in [5, 5.41) is 0.942. The molecular formula is C20H21ClN2O4S. The molecule has 0 aliphatic rings. The predicted octanol–water partition coefficient (Wildman–Crippen LogP) is 4.52. The molecule has 3 aromatic rings. The van der Waals surface area contributed by atoms with E-state index in [4.69, 9.17) is 20.8 Å². The lowest BCUT2D eigenvalue weighted by Gasteiger charge is -2.17. The lowest BCUT2D eigenvalue weighted by molar-refractivity contribution is -0.140. The average Bonchev–Trinajstić information content (AvgIpc) is 3.20. The highest BCUT2D eigenvalue weighted by molar-refractivity contribution is 8.00. The van der Waals surface area contributed by atoms with E-state index in [9.17, 15) is 9.59 Å². The summed E-state index contributed by atoms with van der Waals surface area (Å²) in [4.78, 5) is 30.0. The fourth-order valence-corrected chi connectivity index (χ4v) is 4.16. The molecule has 0 fully saturated rings. The summed E-state index contributed by atoms with van der Waals surface area (Å²) in [6.45, 7) is 2.28. The Morgan fingerprint density at radius 3 is 2.89 bits per heavy atom. The molecule has 0 saturated carbocycles. The van der Waals surface area contributed by atoms with Crippen LogP contribution in [0.5, 0.6) is 0 Å². The van der Waals surface area contributed by atoms with Crippen LogP contribution in [0.15, 0.2) is 51.0 Å². The minimum absolute atomic E-state index is 0.209. The zero-order valence-corrected chi connectivity index (χ0v) is 17.3. The number of hydrogen-bond acceptors (Lipinski definition) is 6. The number of fused-ring (bicyclic) bond motifs is 1. The maximum absolute atomic E-state index is 13.1. The molecule has 0 radical (unpaired) electrons. The first-order chi connectivity index (χ1) is 13.5. The lowest BCUT2D eigenvalue weighted by Crippen LogP contribution is -2.26. The number of furan rings is 1. The fraction of sp³-hybridized carbons (Fsp3) is 0.350. The van der Waals surface area contributed by atoms with Crippen LogP contribution in [0.25, 0.3) is 10.9 Å². The molecule has 1 aromatic carbocycles. The Morgan fingerprint density at radius 1 is 1.39 bits per heavy atom. The minimum Gasteiger partial charge on any atom is -0.468 e. The molecule has 0 spiro atoms. The maximum Gasteiger partial charge on any atom is 0.319 e. The van der Waals surface area contributed by atoms with Crippen molar-refractivity contribution in [3.63, 3.8) is 0 Å². The van der Waals surface area contributed by atoms with E-state index in [1.54, 1.807) is 36.6 Å². The number of ether oxygens (including phenoxy) is 1. The van der Waals surface area contributed by atoms with Gasteiger partial charge in [-0.2, -0.15) is 0 Å². The average molecular weight is 421 g/mol. The third-order valence-electron chi connectivity index (χ3n) is 4.31. The van der Waals surface area contributed by atoms with Crippen LogP contribution in [-0.2, 0) is 16.1 Å². The van der Waals surface area contributed by atoms with Crippen LogP contribution >= 0.6 is 23.4 Å². The van der Waals surface area contributed by atoms with E-state index >= 15 is 0 Å². The lowest BCUT2D eigenvalue weighted by atomic mass is 10.2. The number of benzene rings is 1. The maximum atomic E-state index is 13.1. The van der Waals surface area contributed by atoms with E-state index in [0.717, 1.165) is 12.8 Å². The van der Waals surface area contributed by atoms with E-state index in [1.807, 2.05) is 0 Å². The standard InChI is InChI=1S/C20H21ClN2O4S/c1-3-4-7-17(19(25)26-2)28-20-22-16-11-13(21)8-9-15(16)18(24)23(20)12-14-6-5-10-27-14/h5-6,8-11,17H,3-4,7,12H2,1-2H3. The molecule has 2 heterocycles. The molecule has 0 N–H and O–H groups in total. The Hall–Kier alpha value is -2.25. The van der Waals surface area contributed by atoms with Gasteiger partial charge in [-0.05, 0) is 36.8 Å². The molecule has 0 bridgehead atoms.